The molecule has 0 fully saturated rings. The molecular formula is C9H16O8Pb. The molecule has 0 spiro atoms. The van der Waals surface area contributed by atoms with Gasteiger partial charge in [0.05, 0.1) is 6.61 Å². The predicted molar refractivity (Wildman–Crippen MR) is 56.8 cm³/mol. The number of esters is 1. The molecule has 0 saturated carbocycles. The molecule has 1 atom stereocenters. The third-order valence-corrected chi connectivity index (χ3v) is 0.690. The van der Waals surface area contributed by atoms with Crippen LogP contribution in [0.25, 0.3) is 0 Å². The average molecular weight is 459 g/mol. The van der Waals surface area contributed by atoms with E-state index in [1.165, 1.54) is 6.92 Å². The molecule has 0 aromatic rings. The number of aliphatic hydroxyl groups excluding tert-OH is 2. The number of carboxylic acids is 2. The van der Waals surface area contributed by atoms with Crippen molar-refractivity contribution >= 4 is 45.2 Å². The van der Waals surface area contributed by atoms with Gasteiger partial charge >= 0.3 is 33.3 Å². The van der Waals surface area contributed by atoms with Gasteiger partial charge < -0.3 is 34.8 Å². The largest absolute Gasteiger partial charge is 2.00 e. The first-order valence-electron chi connectivity index (χ1n) is 4.40. The molecule has 18 heavy (non-hydrogen) atoms. The molecule has 0 rings (SSSR count). The second-order valence-corrected chi connectivity index (χ2v) is 2.62. The number of aliphatic hydroxyl groups is 2. The van der Waals surface area contributed by atoms with E-state index >= 15 is 0 Å². The molecule has 0 aromatic heterocycles. The standard InChI is InChI=1S/C5H10O4.2C2H4O2.Pb/c1-4(7)9-3-5(8)2-6;2*1-2(3)4;/h5-6,8H,2-3H2,1H3;2*1H3,(H,3,4);/q;;;+2/p-2. The molecule has 0 aliphatic heterocycles. The van der Waals surface area contributed by atoms with Crippen LogP contribution in [0.3, 0.4) is 0 Å². The number of aliphatic carboxylic acids is 2. The molecule has 0 bridgehead atoms. The van der Waals surface area contributed by atoms with Gasteiger partial charge in [-0.15, -0.1) is 0 Å². The maximum atomic E-state index is 10.0. The Balaban J connectivity index is -0.0000000922. The van der Waals surface area contributed by atoms with E-state index in [0.29, 0.717) is 0 Å². The summed E-state index contributed by atoms with van der Waals surface area (Å²) in [6, 6.07) is 0. The van der Waals surface area contributed by atoms with Crippen LogP contribution >= 0.6 is 0 Å². The molecule has 0 aromatic carbocycles. The molecule has 1 unspecified atom stereocenters. The van der Waals surface area contributed by atoms with Gasteiger partial charge in [0, 0.05) is 18.9 Å². The van der Waals surface area contributed by atoms with E-state index in [1.54, 1.807) is 0 Å². The van der Waals surface area contributed by atoms with Gasteiger partial charge in [-0.25, -0.2) is 0 Å². The molecule has 2 N–H and O–H groups in total. The summed E-state index contributed by atoms with van der Waals surface area (Å²) in [5.74, 6) is -2.62. The first-order chi connectivity index (χ1) is 7.63. The number of ether oxygens (including phenoxy) is 1. The Hall–Kier alpha value is -0.748. The number of hydrogen-bond donors (Lipinski definition) is 2. The Morgan fingerprint density at radius 1 is 1.11 bits per heavy atom. The molecule has 8 nitrogen and oxygen atoms in total. The van der Waals surface area contributed by atoms with Gasteiger partial charge in [0.1, 0.15) is 12.7 Å². The molecule has 104 valence electrons. The number of carbonyl (C=O) groups is 3. The molecule has 0 amide bonds. The Kier molecular flexibility index (Phi) is 26.8. The van der Waals surface area contributed by atoms with Crippen LogP contribution in [0.1, 0.15) is 20.8 Å². The zero-order valence-corrected chi connectivity index (χ0v) is 14.2. The number of carboxylic acid groups (broad SMARTS) is 2. The van der Waals surface area contributed by atoms with Crippen LogP contribution in [0.4, 0.5) is 0 Å². The molecule has 0 heterocycles. The van der Waals surface area contributed by atoms with Gasteiger partial charge in [-0.2, -0.15) is 0 Å². The summed E-state index contributed by atoms with van der Waals surface area (Å²) in [6.07, 6.45) is -0.950. The van der Waals surface area contributed by atoms with Crippen molar-refractivity contribution in [1.29, 1.82) is 0 Å². The van der Waals surface area contributed by atoms with E-state index < -0.39 is 24.0 Å². The average Bonchev–Trinajstić information content (AvgIpc) is 2.12. The molecule has 0 saturated heterocycles. The summed E-state index contributed by atoms with van der Waals surface area (Å²) in [4.78, 5) is 27.8. The SMILES string of the molecule is CC(=O)OCC(O)CO.CC(=O)[O-].CC(=O)[O-].[Pb+2]. The maximum absolute atomic E-state index is 10.0. The fourth-order valence-electron chi connectivity index (χ4n) is 0.266. The van der Waals surface area contributed by atoms with Gasteiger partial charge in [-0.3, -0.25) is 4.79 Å². The van der Waals surface area contributed by atoms with Crippen molar-refractivity contribution in [3.63, 3.8) is 0 Å². The molecule has 9 heteroatoms. The number of hydrogen-bond acceptors (Lipinski definition) is 8. The van der Waals surface area contributed by atoms with Crippen molar-refractivity contribution in [3.8, 4) is 0 Å². The first kappa shape index (κ1) is 25.9. The van der Waals surface area contributed by atoms with E-state index in [-0.39, 0.29) is 40.5 Å². The van der Waals surface area contributed by atoms with Crippen molar-refractivity contribution in [1.82, 2.24) is 0 Å². The summed E-state index contributed by atoms with van der Waals surface area (Å²) in [7, 11) is 0. The van der Waals surface area contributed by atoms with Crippen LogP contribution in [0.2, 0.25) is 0 Å². The third-order valence-electron chi connectivity index (χ3n) is 0.690. The van der Waals surface area contributed by atoms with Crippen LogP contribution in [0, 0.1) is 0 Å². The monoisotopic (exact) mass is 460 g/mol. The van der Waals surface area contributed by atoms with Gasteiger partial charge in [0.25, 0.3) is 0 Å². The molecular weight excluding hydrogens is 443 g/mol. The van der Waals surface area contributed by atoms with E-state index in [1.807, 2.05) is 0 Å². The fraction of sp³-hybridized carbons (Fsp3) is 0.667. The van der Waals surface area contributed by atoms with E-state index in [4.69, 9.17) is 30.0 Å². The van der Waals surface area contributed by atoms with Gasteiger partial charge in [-0.05, 0) is 13.8 Å². The molecule has 2 radical (unpaired) electrons. The zero-order chi connectivity index (χ0) is 14.4. The molecule has 0 aliphatic carbocycles. The Morgan fingerprint density at radius 2 is 1.39 bits per heavy atom. The van der Waals surface area contributed by atoms with E-state index in [2.05, 4.69) is 4.74 Å². The summed E-state index contributed by atoms with van der Waals surface area (Å²) in [5.41, 5.74) is 0. The predicted octanol–water partition coefficient (Wildman–Crippen LogP) is -3.97. The summed E-state index contributed by atoms with van der Waals surface area (Å²) < 4.78 is 4.35. The van der Waals surface area contributed by atoms with Crippen molar-refractivity contribution in [2.24, 2.45) is 0 Å². The molecule has 0 aliphatic rings. The summed E-state index contributed by atoms with van der Waals surface area (Å²) in [5, 5.41) is 34.6. The fourth-order valence-corrected chi connectivity index (χ4v) is 0.266. The summed E-state index contributed by atoms with van der Waals surface area (Å²) in [6.45, 7) is 2.67. The van der Waals surface area contributed by atoms with Crippen molar-refractivity contribution in [3.05, 3.63) is 0 Å². The van der Waals surface area contributed by atoms with Gasteiger partial charge in [0.15, 0.2) is 0 Å². The number of rotatable bonds is 3. The minimum atomic E-state index is -1.08. The van der Waals surface area contributed by atoms with Crippen molar-refractivity contribution < 1.29 is 39.5 Å². The van der Waals surface area contributed by atoms with Gasteiger partial charge in [-0.1, -0.05) is 0 Å². The maximum Gasteiger partial charge on any atom is 2.00 e. The van der Waals surface area contributed by atoms with Crippen LogP contribution in [0.15, 0.2) is 0 Å². The van der Waals surface area contributed by atoms with Crippen molar-refractivity contribution in [2.75, 3.05) is 13.2 Å². The van der Waals surface area contributed by atoms with Crippen LogP contribution < -0.4 is 10.2 Å². The van der Waals surface area contributed by atoms with E-state index in [0.717, 1.165) is 13.8 Å². The summed E-state index contributed by atoms with van der Waals surface area (Å²) >= 11 is 0. The van der Waals surface area contributed by atoms with Crippen LogP contribution in [0.5, 0.6) is 0 Å². The first-order valence-corrected chi connectivity index (χ1v) is 4.40. The smallest absolute Gasteiger partial charge is 0.550 e. The minimum Gasteiger partial charge on any atom is -0.550 e. The van der Waals surface area contributed by atoms with Crippen LogP contribution in [-0.4, -0.2) is 74.7 Å². The zero-order valence-electron chi connectivity index (χ0n) is 10.3. The number of carbonyl (C=O) groups excluding carboxylic acids is 3. The normalized spacial score (nSPS) is 9.17. The second-order valence-electron chi connectivity index (χ2n) is 2.62. The third kappa shape index (κ3) is 79.3. The Bertz CT molecular complexity index is 211. The van der Waals surface area contributed by atoms with Crippen molar-refractivity contribution in [2.45, 2.75) is 26.9 Å². The topological polar surface area (TPSA) is 147 Å². The van der Waals surface area contributed by atoms with Crippen LogP contribution in [-0.2, 0) is 19.1 Å². The quantitative estimate of drug-likeness (QED) is 0.321. The van der Waals surface area contributed by atoms with Gasteiger partial charge in [0.2, 0.25) is 0 Å². The van der Waals surface area contributed by atoms with E-state index in [9.17, 15) is 4.79 Å². The minimum absolute atomic E-state index is 0. The Labute approximate surface area is 125 Å². The Morgan fingerprint density at radius 3 is 1.56 bits per heavy atom. The second kappa shape index (κ2) is 18.6.